The van der Waals surface area contributed by atoms with Crippen LogP contribution < -0.4 is 15.5 Å². The van der Waals surface area contributed by atoms with Crippen LogP contribution in [0.25, 0.3) is 10.9 Å². The molecule has 0 spiro atoms. The van der Waals surface area contributed by atoms with Crippen molar-refractivity contribution in [2.75, 3.05) is 13.2 Å². The predicted molar refractivity (Wildman–Crippen MR) is 103 cm³/mol. The first kappa shape index (κ1) is 18.8. The standard InChI is InChI=1S/C19H19N3O4S/c1-22-16-5-3-2-4-13(16)12-17(22)18(23)20-10-11-26-14-6-8-15(9-7-14)27-19(24)21-25/h2-9,12,25H,10-11H2,1H3,(H,20,23)(H,21,24). The Morgan fingerprint density at radius 3 is 2.59 bits per heavy atom. The fraction of sp³-hybridized carbons (Fsp3) is 0.158. The first-order chi connectivity index (χ1) is 13.1. The molecule has 0 unspecified atom stereocenters. The number of amides is 2. The molecule has 0 fully saturated rings. The molecule has 2 amide bonds. The number of thioether (sulfide) groups is 1. The normalized spacial score (nSPS) is 10.6. The Labute approximate surface area is 160 Å². The number of carbonyl (C=O) groups excluding carboxylic acids is 2. The lowest BCUT2D eigenvalue weighted by atomic mass is 10.2. The van der Waals surface area contributed by atoms with Gasteiger partial charge < -0.3 is 14.6 Å². The molecule has 3 N–H and O–H groups in total. The Bertz CT molecular complexity index is 953. The number of para-hydroxylation sites is 1. The van der Waals surface area contributed by atoms with E-state index in [1.165, 1.54) is 0 Å². The Balaban J connectivity index is 1.49. The summed E-state index contributed by atoms with van der Waals surface area (Å²) < 4.78 is 7.45. The van der Waals surface area contributed by atoms with E-state index in [1.807, 2.05) is 41.9 Å². The van der Waals surface area contributed by atoms with Gasteiger partial charge in [0.25, 0.3) is 5.91 Å². The van der Waals surface area contributed by atoms with E-state index >= 15 is 0 Å². The second-order valence-electron chi connectivity index (χ2n) is 5.72. The van der Waals surface area contributed by atoms with Gasteiger partial charge >= 0.3 is 5.24 Å². The molecule has 2 aromatic carbocycles. The van der Waals surface area contributed by atoms with Crippen molar-refractivity contribution in [3.05, 3.63) is 60.3 Å². The van der Waals surface area contributed by atoms with E-state index in [1.54, 1.807) is 29.7 Å². The minimum absolute atomic E-state index is 0.154. The summed E-state index contributed by atoms with van der Waals surface area (Å²) in [5.74, 6) is 0.474. The molecule has 0 aliphatic heterocycles. The number of nitrogens with zero attached hydrogens (tertiary/aromatic N) is 1. The molecule has 0 saturated heterocycles. The van der Waals surface area contributed by atoms with Gasteiger partial charge in [0, 0.05) is 22.8 Å². The van der Waals surface area contributed by atoms with Gasteiger partial charge in [0.15, 0.2) is 0 Å². The predicted octanol–water partition coefficient (Wildman–Crippen LogP) is 3.18. The molecular weight excluding hydrogens is 366 g/mol. The Morgan fingerprint density at radius 1 is 1.15 bits per heavy atom. The van der Waals surface area contributed by atoms with Gasteiger partial charge in [-0.2, -0.15) is 0 Å². The summed E-state index contributed by atoms with van der Waals surface area (Å²) in [6.45, 7) is 0.684. The van der Waals surface area contributed by atoms with Crippen molar-refractivity contribution in [3.8, 4) is 5.75 Å². The average molecular weight is 385 g/mol. The number of nitrogens with one attached hydrogen (secondary N) is 2. The Morgan fingerprint density at radius 2 is 1.89 bits per heavy atom. The van der Waals surface area contributed by atoms with E-state index in [0.717, 1.165) is 22.7 Å². The molecule has 7 nitrogen and oxygen atoms in total. The van der Waals surface area contributed by atoms with E-state index in [9.17, 15) is 9.59 Å². The van der Waals surface area contributed by atoms with Crippen molar-refractivity contribution in [1.29, 1.82) is 0 Å². The number of hydroxylamine groups is 1. The van der Waals surface area contributed by atoms with Crippen LogP contribution in [0, 0.1) is 0 Å². The number of hydrogen-bond donors (Lipinski definition) is 3. The zero-order valence-corrected chi connectivity index (χ0v) is 15.5. The van der Waals surface area contributed by atoms with Crippen LogP contribution in [0.15, 0.2) is 59.5 Å². The average Bonchev–Trinajstić information content (AvgIpc) is 3.03. The molecule has 3 rings (SSSR count). The highest BCUT2D eigenvalue weighted by molar-refractivity contribution is 8.13. The van der Waals surface area contributed by atoms with Crippen molar-refractivity contribution in [2.45, 2.75) is 4.90 Å². The van der Waals surface area contributed by atoms with E-state index in [-0.39, 0.29) is 5.91 Å². The quantitative estimate of drug-likeness (QED) is 0.262. The number of ether oxygens (including phenoxy) is 1. The smallest absolute Gasteiger partial charge is 0.307 e. The minimum atomic E-state index is -0.556. The molecule has 0 radical (unpaired) electrons. The molecule has 0 atom stereocenters. The van der Waals surface area contributed by atoms with Gasteiger partial charge in [-0.1, -0.05) is 18.2 Å². The Kier molecular flexibility index (Phi) is 6.00. The lowest BCUT2D eigenvalue weighted by Gasteiger charge is -2.09. The maximum Gasteiger partial charge on any atom is 0.307 e. The van der Waals surface area contributed by atoms with Gasteiger partial charge in [0.2, 0.25) is 0 Å². The van der Waals surface area contributed by atoms with Crippen molar-refractivity contribution >= 4 is 33.8 Å². The molecule has 140 valence electrons. The number of aromatic nitrogens is 1. The van der Waals surface area contributed by atoms with Crippen LogP contribution in [0.1, 0.15) is 10.5 Å². The van der Waals surface area contributed by atoms with Crippen LogP contribution >= 0.6 is 11.8 Å². The molecule has 3 aromatic rings. The number of rotatable bonds is 6. The lowest BCUT2D eigenvalue weighted by molar-refractivity contribution is 0.0939. The molecule has 0 saturated carbocycles. The largest absolute Gasteiger partial charge is 0.492 e. The van der Waals surface area contributed by atoms with Crippen LogP contribution in [0.5, 0.6) is 5.75 Å². The van der Waals surface area contributed by atoms with Crippen molar-refractivity contribution in [3.63, 3.8) is 0 Å². The molecule has 1 heterocycles. The third kappa shape index (κ3) is 4.60. The first-order valence-electron chi connectivity index (χ1n) is 8.26. The number of fused-ring (bicyclic) bond motifs is 1. The lowest BCUT2D eigenvalue weighted by Crippen LogP contribution is -2.29. The van der Waals surface area contributed by atoms with Crippen LogP contribution in [0.4, 0.5) is 4.79 Å². The van der Waals surface area contributed by atoms with Crippen molar-refractivity contribution < 1.29 is 19.5 Å². The van der Waals surface area contributed by atoms with Crippen LogP contribution in [-0.4, -0.2) is 34.1 Å². The summed E-state index contributed by atoms with van der Waals surface area (Å²) in [6, 6.07) is 16.6. The molecule has 27 heavy (non-hydrogen) atoms. The molecule has 1 aromatic heterocycles. The van der Waals surface area contributed by atoms with E-state index in [2.05, 4.69) is 5.32 Å². The highest BCUT2D eigenvalue weighted by atomic mass is 32.2. The number of benzene rings is 2. The summed E-state index contributed by atoms with van der Waals surface area (Å²) in [6.07, 6.45) is 0. The third-order valence-electron chi connectivity index (χ3n) is 3.97. The molecule has 0 aliphatic carbocycles. The topological polar surface area (TPSA) is 92.6 Å². The monoisotopic (exact) mass is 385 g/mol. The SMILES string of the molecule is Cn1c(C(=O)NCCOc2ccc(SC(=O)NO)cc2)cc2ccccc21. The Hall–Kier alpha value is -2.97. The summed E-state index contributed by atoms with van der Waals surface area (Å²) >= 11 is 0.870. The third-order valence-corrected chi connectivity index (χ3v) is 4.75. The maximum atomic E-state index is 12.4. The van der Waals surface area contributed by atoms with Gasteiger partial charge in [-0.15, -0.1) is 0 Å². The van der Waals surface area contributed by atoms with Gasteiger partial charge in [-0.05, 0) is 48.2 Å². The fourth-order valence-corrected chi connectivity index (χ4v) is 3.20. The van der Waals surface area contributed by atoms with Crippen molar-refractivity contribution in [1.82, 2.24) is 15.4 Å². The highest BCUT2D eigenvalue weighted by Gasteiger charge is 2.12. The van der Waals surface area contributed by atoms with Gasteiger partial charge in [-0.3, -0.25) is 14.8 Å². The van der Waals surface area contributed by atoms with Crippen LogP contribution in [-0.2, 0) is 7.05 Å². The maximum absolute atomic E-state index is 12.4. The summed E-state index contributed by atoms with van der Waals surface area (Å²) in [4.78, 5) is 24.1. The number of aryl methyl sites for hydroxylation is 1. The van der Waals surface area contributed by atoms with Gasteiger partial charge in [-0.25, -0.2) is 5.48 Å². The highest BCUT2D eigenvalue weighted by Crippen LogP contribution is 2.22. The second kappa shape index (κ2) is 8.61. The van der Waals surface area contributed by atoms with E-state index < -0.39 is 5.24 Å². The van der Waals surface area contributed by atoms with Crippen LogP contribution in [0.3, 0.4) is 0 Å². The molecule has 0 bridgehead atoms. The first-order valence-corrected chi connectivity index (χ1v) is 9.07. The zero-order chi connectivity index (χ0) is 19.2. The number of carbonyl (C=O) groups is 2. The number of hydrogen-bond acceptors (Lipinski definition) is 5. The van der Waals surface area contributed by atoms with Crippen molar-refractivity contribution in [2.24, 2.45) is 7.05 Å². The van der Waals surface area contributed by atoms with E-state index in [0.29, 0.717) is 29.5 Å². The second-order valence-corrected chi connectivity index (χ2v) is 6.77. The van der Waals surface area contributed by atoms with E-state index in [4.69, 9.17) is 9.94 Å². The van der Waals surface area contributed by atoms with Gasteiger partial charge in [0.1, 0.15) is 18.1 Å². The van der Waals surface area contributed by atoms with Gasteiger partial charge in [0.05, 0.1) is 6.54 Å². The fourth-order valence-electron chi connectivity index (χ4n) is 2.66. The zero-order valence-electron chi connectivity index (χ0n) is 14.6. The molecule has 0 aliphatic rings. The summed E-state index contributed by atoms with van der Waals surface area (Å²) in [5, 5.41) is 11.8. The molecular formula is C19H19N3O4S. The minimum Gasteiger partial charge on any atom is -0.492 e. The summed E-state index contributed by atoms with van der Waals surface area (Å²) in [7, 11) is 1.87. The van der Waals surface area contributed by atoms with Crippen LogP contribution in [0.2, 0.25) is 0 Å². The summed E-state index contributed by atoms with van der Waals surface area (Å²) in [5.41, 5.74) is 3.16. The molecule has 8 heteroatoms.